The van der Waals surface area contributed by atoms with Crippen molar-refractivity contribution >= 4 is 0 Å². The molecule has 0 amide bonds. The summed E-state index contributed by atoms with van der Waals surface area (Å²) in [5.74, 6) is 5.20. The number of allylic oxidation sites excluding steroid dienone is 4. The summed E-state index contributed by atoms with van der Waals surface area (Å²) in [5, 5.41) is 0. The lowest BCUT2D eigenvalue weighted by Crippen LogP contribution is -2.34. The summed E-state index contributed by atoms with van der Waals surface area (Å²) in [6.45, 7) is 4.19. The SMILES string of the molecule is C/C=C/CCc1ccc(C2CCC3CC(C4CCC(CC/C=C/C)CC4)CCC3C2)c(F)c1. The fourth-order valence-electron chi connectivity index (χ4n) is 7.56. The van der Waals surface area contributed by atoms with Crippen molar-refractivity contribution in [3.05, 3.63) is 59.4 Å². The Morgan fingerprint density at radius 1 is 0.758 bits per heavy atom. The minimum atomic E-state index is 0.0521. The first-order valence-corrected chi connectivity index (χ1v) is 14.2. The predicted molar refractivity (Wildman–Crippen MR) is 140 cm³/mol. The summed E-state index contributed by atoms with van der Waals surface area (Å²) in [6.07, 6.45) is 27.4. The molecule has 0 radical (unpaired) electrons. The molecular weight excluding hydrogens is 403 g/mol. The van der Waals surface area contributed by atoms with Gasteiger partial charge in [0.15, 0.2) is 0 Å². The van der Waals surface area contributed by atoms with Crippen molar-refractivity contribution in [3.8, 4) is 0 Å². The second kappa shape index (κ2) is 12.4. The van der Waals surface area contributed by atoms with Gasteiger partial charge in [-0.3, -0.25) is 0 Å². The maximum atomic E-state index is 15.0. The Morgan fingerprint density at radius 2 is 1.39 bits per heavy atom. The number of benzene rings is 1. The first-order valence-electron chi connectivity index (χ1n) is 14.2. The third-order valence-electron chi connectivity index (χ3n) is 9.53. The lowest BCUT2D eigenvalue weighted by molar-refractivity contribution is 0.0709. The Bertz CT molecular complexity index is 782. The zero-order chi connectivity index (χ0) is 23.0. The van der Waals surface area contributed by atoms with Crippen LogP contribution in [0.3, 0.4) is 0 Å². The van der Waals surface area contributed by atoms with E-state index >= 15 is 0 Å². The largest absolute Gasteiger partial charge is 0.207 e. The van der Waals surface area contributed by atoms with Crippen LogP contribution in [0.1, 0.15) is 114 Å². The molecule has 0 heterocycles. The second-order valence-corrected chi connectivity index (χ2v) is 11.5. The predicted octanol–water partition coefficient (Wildman–Crippen LogP) is 9.80. The monoisotopic (exact) mass is 450 g/mol. The fourth-order valence-corrected chi connectivity index (χ4v) is 7.56. The van der Waals surface area contributed by atoms with Gasteiger partial charge in [-0.25, -0.2) is 4.39 Å². The maximum Gasteiger partial charge on any atom is 0.126 e. The first kappa shape index (κ1) is 24.7. The molecule has 3 aliphatic rings. The highest BCUT2D eigenvalue weighted by atomic mass is 19.1. The highest BCUT2D eigenvalue weighted by Crippen LogP contribution is 2.51. The van der Waals surface area contributed by atoms with Gasteiger partial charge in [-0.15, -0.1) is 0 Å². The molecule has 0 aliphatic heterocycles. The minimum Gasteiger partial charge on any atom is -0.207 e. The summed E-state index contributed by atoms with van der Waals surface area (Å²) < 4.78 is 15.0. The van der Waals surface area contributed by atoms with E-state index in [1.165, 1.54) is 77.0 Å². The van der Waals surface area contributed by atoms with Gasteiger partial charge in [-0.2, -0.15) is 0 Å². The van der Waals surface area contributed by atoms with Gasteiger partial charge in [0.05, 0.1) is 0 Å². The molecule has 1 heteroatoms. The van der Waals surface area contributed by atoms with E-state index in [2.05, 4.69) is 43.4 Å². The Kier molecular flexibility index (Phi) is 9.27. The van der Waals surface area contributed by atoms with Crippen LogP contribution >= 0.6 is 0 Å². The zero-order valence-corrected chi connectivity index (χ0v) is 21.3. The van der Waals surface area contributed by atoms with Gasteiger partial charge in [0.2, 0.25) is 0 Å². The third kappa shape index (κ3) is 6.61. The quantitative estimate of drug-likeness (QED) is 0.346. The molecule has 3 aliphatic carbocycles. The number of halogens is 1. The number of hydrogen-bond acceptors (Lipinski definition) is 0. The van der Waals surface area contributed by atoms with Gasteiger partial charge in [-0.1, -0.05) is 49.3 Å². The summed E-state index contributed by atoms with van der Waals surface area (Å²) in [7, 11) is 0. The molecule has 0 saturated heterocycles. The Balaban J connectivity index is 1.25. The molecule has 1 aromatic rings. The van der Waals surface area contributed by atoms with E-state index in [4.69, 9.17) is 0 Å². The van der Waals surface area contributed by atoms with E-state index < -0.39 is 0 Å². The van der Waals surface area contributed by atoms with Crippen molar-refractivity contribution in [2.75, 3.05) is 0 Å². The van der Waals surface area contributed by atoms with Crippen LogP contribution in [-0.2, 0) is 6.42 Å². The molecule has 3 fully saturated rings. The van der Waals surface area contributed by atoms with Crippen LogP contribution in [0.15, 0.2) is 42.5 Å². The van der Waals surface area contributed by atoms with Crippen molar-refractivity contribution in [2.45, 2.75) is 110 Å². The van der Waals surface area contributed by atoms with Crippen molar-refractivity contribution < 1.29 is 4.39 Å². The van der Waals surface area contributed by atoms with E-state index in [1.807, 2.05) is 13.0 Å². The van der Waals surface area contributed by atoms with Gasteiger partial charge in [0.1, 0.15) is 5.82 Å². The van der Waals surface area contributed by atoms with Gasteiger partial charge in [-0.05, 0) is 144 Å². The molecule has 1 aromatic carbocycles. The number of fused-ring (bicyclic) bond motifs is 1. The highest BCUT2D eigenvalue weighted by Gasteiger charge is 2.39. The van der Waals surface area contributed by atoms with Crippen LogP contribution in [0.5, 0.6) is 0 Å². The van der Waals surface area contributed by atoms with Crippen molar-refractivity contribution in [2.24, 2.45) is 29.6 Å². The van der Waals surface area contributed by atoms with Crippen LogP contribution in [0.25, 0.3) is 0 Å². The lowest BCUT2D eigenvalue weighted by Gasteiger charge is -2.45. The van der Waals surface area contributed by atoms with E-state index in [0.717, 1.165) is 53.6 Å². The third-order valence-corrected chi connectivity index (χ3v) is 9.53. The molecule has 0 N–H and O–H groups in total. The molecule has 33 heavy (non-hydrogen) atoms. The first-order chi connectivity index (χ1) is 16.2. The molecule has 182 valence electrons. The average molecular weight is 451 g/mol. The van der Waals surface area contributed by atoms with Gasteiger partial charge in [0, 0.05) is 0 Å². The maximum absolute atomic E-state index is 15.0. The molecule has 0 aromatic heterocycles. The fraction of sp³-hybridized carbons (Fsp3) is 0.688. The molecule has 4 unspecified atom stereocenters. The van der Waals surface area contributed by atoms with Crippen LogP contribution in [0, 0.1) is 35.4 Å². The zero-order valence-electron chi connectivity index (χ0n) is 21.3. The average Bonchev–Trinajstić information content (AvgIpc) is 2.84. The summed E-state index contributed by atoms with van der Waals surface area (Å²) >= 11 is 0. The van der Waals surface area contributed by atoms with Gasteiger partial charge in [0.25, 0.3) is 0 Å². The number of aryl methyl sites for hydroxylation is 1. The molecule has 3 saturated carbocycles. The summed E-state index contributed by atoms with van der Waals surface area (Å²) in [5.41, 5.74) is 2.14. The summed E-state index contributed by atoms with van der Waals surface area (Å²) in [4.78, 5) is 0. The Morgan fingerprint density at radius 3 is 2.12 bits per heavy atom. The Labute approximate surface area is 203 Å². The van der Waals surface area contributed by atoms with Crippen LogP contribution in [0.4, 0.5) is 4.39 Å². The van der Waals surface area contributed by atoms with Crippen LogP contribution < -0.4 is 0 Å². The molecule has 4 atom stereocenters. The smallest absolute Gasteiger partial charge is 0.126 e. The normalized spacial score (nSPS) is 32.9. The topological polar surface area (TPSA) is 0 Å². The van der Waals surface area contributed by atoms with Crippen molar-refractivity contribution in [1.29, 1.82) is 0 Å². The van der Waals surface area contributed by atoms with Gasteiger partial charge >= 0.3 is 0 Å². The number of rotatable bonds is 8. The van der Waals surface area contributed by atoms with Crippen LogP contribution in [-0.4, -0.2) is 0 Å². The minimum absolute atomic E-state index is 0.0521. The van der Waals surface area contributed by atoms with Crippen molar-refractivity contribution in [3.63, 3.8) is 0 Å². The van der Waals surface area contributed by atoms with Gasteiger partial charge < -0.3 is 0 Å². The van der Waals surface area contributed by atoms with Crippen molar-refractivity contribution in [1.82, 2.24) is 0 Å². The second-order valence-electron chi connectivity index (χ2n) is 11.5. The van der Waals surface area contributed by atoms with E-state index in [9.17, 15) is 4.39 Å². The van der Waals surface area contributed by atoms with Crippen LogP contribution in [0.2, 0.25) is 0 Å². The highest BCUT2D eigenvalue weighted by molar-refractivity contribution is 5.28. The Hall–Kier alpha value is -1.37. The van der Waals surface area contributed by atoms with E-state index in [-0.39, 0.29) is 5.82 Å². The van der Waals surface area contributed by atoms with E-state index in [0.29, 0.717) is 5.92 Å². The standard InChI is InChI=1S/C32H47F/c1-3-5-7-9-24-11-14-26(15-12-24)27-16-17-29-23-30(19-18-28(29)22-27)31-20-13-25(21-32(31)33)10-8-6-4-2/h3-6,13,20-21,24,26-30H,7-12,14-19,22-23H2,1-2H3/b5-3+,6-4+. The summed E-state index contributed by atoms with van der Waals surface area (Å²) in [6, 6.07) is 6.11. The molecule has 0 spiro atoms. The molecule has 4 rings (SSSR count). The molecule has 0 bridgehead atoms. The van der Waals surface area contributed by atoms with E-state index in [1.54, 1.807) is 0 Å². The lowest BCUT2D eigenvalue weighted by atomic mass is 9.60. The molecule has 0 nitrogen and oxygen atoms in total. The number of hydrogen-bond donors (Lipinski definition) is 0. The molecular formula is C32H47F.